The number of aliphatic hydroxyl groups excluding tert-OH is 2. The number of rotatable bonds is 12. The van der Waals surface area contributed by atoms with E-state index in [0.29, 0.717) is 24.5 Å². The molecule has 0 amide bonds. The molecule has 1 aliphatic rings. The predicted octanol–water partition coefficient (Wildman–Crippen LogP) is 2.48. The first-order valence-electron chi connectivity index (χ1n) is 9.97. The van der Waals surface area contributed by atoms with Gasteiger partial charge in [0.1, 0.15) is 12.7 Å². The summed E-state index contributed by atoms with van der Waals surface area (Å²) in [7, 11) is 1.63. The Kier molecular flexibility index (Phi) is 9.02. The van der Waals surface area contributed by atoms with Crippen molar-refractivity contribution >= 4 is 6.21 Å². The highest BCUT2D eigenvalue weighted by Crippen LogP contribution is 2.32. The fourth-order valence-electron chi connectivity index (χ4n) is 3.10. The molecule has 1 saturated carbocycles. The van der Waals surface area contributed by atoms with Crippen LogP contribution in [-0.2, 0) is 4.84 Å². The Morgan fingerprint density at radius 2 is 2.04 bits per heavy atom. The lowest BCUT2D eigenvalue weighted by Crippen LogP contribution is -2.44. The van der Waals surface area contributed by atoms with Crippen molar-refractivity contribution < 1.29 is 24.5 Å². The number of aliphatic hydroxyl groups is 2. The fourth-order valence-corrected chi connectivity index (χ4v) is 3.10. The minimum absolute atomic E-state index is 0.0836. The monoisotopic (exact) mass is 394 g/mol. The van der Waals surface area contributed by atoms with Crippen LogP contribution in [-0.4, -0.2) is 61.0 Å². The van der Waals surface area contributed by atoms with Gasteiger partial charge in [0.05, 0.1) is 19.4 Å². The number of oxime groups is 1. The minimum Gasteiger partial charge on any atom is -0.493 e. The smallest absolute Gasteiger partial charge is 0.162 e. The lowest BCUT2D eigenvalue weighted by atomic mass is 10.0. The van der Waals surface area contributed by atoms with Crippen molar-refractivity contribution in [1.82, 2.24) is 5.32 Å². The van der Waals surface area contributed by atoms with Gasteiger partial charge in [0.25, 0.3) is 0 Å². The van der Waals surface area contributed by atoms with Crippen molar-refractivity contribution in [3.63, 3.8) is 0 Å². The molecular weight excluding hydrogens is 360 g/mol. The first kappa shape index (κ1) is 22.5. The Hall–Kier alpha value is -1.83. The summed E-state index contributed by atoms with van der Waals surface area (Å²) in [6.07, 6.45) is 6.32. The Labute approximate surface area is 167 Å². The molecule has 1 fully saturated rings. The highest BCUT2D eigenvalue weighted by atomic mass is 16.6. The van der Waals surface area contributed by atoms with Crippen LogP contribution in [0.3, 0.4) is 0 Å². The highest BCUT2D eigenvalue weighted by molar-refractivity contribution is 5.80. The largest absolute Gasteiger partial charge is 0.493 e. The van der Waals surface area contributed by atoms with Gasteiger partial charge in [-0.15, -0.1) is 0 Å². The number of β-amino-alcohol motifs (C(OH)–C–C–N with tert-alkyl or cyclic N) is 1. The van der Waals surface area contributed by atoms with E-state index in [9.17, 15) is 5.11 Å². The second-order valence-corrected chi connectivity index (χ2v) is 7.86. The summed E-state index contributed by atoms with van der Waals surface area (Å²) < 4.78 is 11.5. The topological polar surface area (TPSA) is 92.5 Å². The van der Waals surface area contributed by atoms with Gasteiger partial charge in [-0.2, -0.15) is 0 Å². The average molecular weight is 395 g/mol. The number of nitrogens with one attached hydrogen (secondary N) is 1. The van der Waals surface area contributed by atoms with Crippen LogP contribution in [0.1, 0.15) is 51.5 Å². The fraction of sp³-hybridized carbons (Fsp3) is 0.667. The third-order valence-corrected chi connectivity index (χ3v) is 4.88. The molecule has 28 heavy (non-hydrogen) atoms. The van der Waals surface area contributed by atoms with Gasteiger partial charge in [-0.3, -0.25) is 0 Å². The number of methoxy groups -OCH3 is 1. The van der Waals surface area contributed by atoms with E-state index in [-0.39, 0.29) is 24.9 Å². The standard InChI is InChI=1S/C21H34N2O5/c1-21(2,10-11-24)22-14-17(25)15-27-23-13-16-8-9-19(26-3)20(12-16)28-18-6-4-5-7-18/h8-9,12-13,17-18,22,24-25H,4-7,10-11,14-15H2,1-3H3/b23-13+. The first-order valence-corrected chi connectivity index (χ1v) is 9.97. The molecule has 1 aromatic carbocycles. The van der Waals surface area contributed by atoms with E-state index in [1.807, 2.05) is 32.0 Å². The molecule has 0 saturated heterocycles. The number of benzene rings is 1. The summed E-state index contributed by atoms with van der Waals surface area (Å²) in [5.74, 6) is 1.42. The average Bonchev–Trinajstić information content (AvgIpc) is 3.17. The second-order valence-electron chi connectivity index (χ2n) is 7.86. The Balaban J connectivity index is 1.81. The number of hydrogen-bond acceptors (Lipinski definition) is 7. The molecule has 0 aromatic heterocycles. The Morgan fingerprint density at radius 1 is 1.29 bits per heavy atom. The third-order valence-electron chi connectivity index (χ3n) is 4.88. The maximum Gasteiger partial charge on any atom is 0.162 e. The molecule has 158 valence electrons. The van der Waals surface area contributed by atoms with Gasteiger partial charge < -0.3 is 29.8 Å². The maximum absolute atomic E-state index is 9.99. The zero-order valence-electron chi connectivity index (χ0n) is 17.2. The molecular formula is C21H34N2O5. The van der Waals surface area contributed by atoms with Crippen LogP contribution >= 0.6 is 0 Å². The number of nitrogens with zero attached hydrogens (tertiary/aromatic N) is 1. The SMILES string of the molecule is COc1ccc(/C=N/OCC(O)CNC(C)(C)CCO)cc1OC1CCCC1. The van der Waals surface area contributed by atoms with E-state index >= 15 is 0 Å². The van der Waals surface area contributed by atoms with E-state index in [4.69, 9.17) is 19.4 Å². The summed E-state index contributed by atoms with van der Waals surface area (Å²) in [5, 5.41) is 26.1. The minimum atomic E-state index is -0.688. The maximum atomic E-state index is 9.99. The van der Waals surface area contributed by atoms with Gasteiger partial charge in [-0.25, -0.2) is 0 Å². The Morgan fingerprint density at radius 3 is 2.71 bits per heavy atom. The van der Waals surface area contributed by atoms with Gasteiger partial charge in [0.15, 0.2) is 11.5 Å². The molecule has 0 heterocycles. The summed E-state index contributed by atoms with van der Waals surface area (Å²) in [6, 6.07) is 5.62. The van der Waals surface area contributed by atoms with Crippen LogP contribution in [0.25, 0.3) is 0 Å². The van der Waals surface area contributed by atoms with Crippen LogP contribution in [0.2, 0.25) is 0 Å². The van der Waals surface area contributed by atoms with Crippen LogP contribution in [0.4, 0.5) is 0 Å². The van der Waals surface area contributed by atoms with E-state index in [1.54, 1.807) is 13.3 Å². The lowest BCUT2D eigenvalue weighted by Gasteiger charge is -2.26. The molecule has 0 radical (unpaired) electrons. The predicted molar refractivity (Wildman–Crippen MR) is 109 cm³/mol. The van der Waals surface area contributed by atoms with Crippen molar-refractivity contribution in [2.45, 2.75) is 63.7 Å². The van der Waals surface area contributed by atoms with Gasteiger partial charge in [0.2, 0.25) is 0 Å². The highest BCUT2D eigenvalue weighted by Gasteiger charge is 2.19. The lowest BCUT2D eigenvalue weighted by molar-refractivity contribution is 0.0365. The quantitative estimate of drug-likeness (QED) is 0.373. The molecule has 1 unspecified atom stereocenters. The van der Waals surface area contributed by atoms with Crippen molar-refractivity contribution in [2.75, 3.05) is 26.9 Å². The third kappa shape index (κ3) is 7.66. The molecule has 1 aromatic rings. The van der Waals surface area contributed by atoms with Crippen LogP contribution < -0.4 is 14.8 Å². The molecule has 1 atom stereocenters. The molecule has 1 aliphatic carbocycles. The summed E-state index contributed by atoms with van der Waals surface area (Å²) >= 11 is 0. The van der Waals surface area contributed by atoms with E-state index < -0.39 is 6.10 Å². The van der Waals surface area contributed by atoms with Gasteiger partial charge in [-0.05, 0) is 64.2 Å². The van der Waals surface area contributed by atoms with Crippen molar-refractivity contribution in [3.8, 4) is 11.5 Å². The van der Waals surface area contributed by atoms with E-state index in [1.165, 1.54) is 12.8 Å². The van der Waals surface area contributed by atoms with Crippen LogP contribution in [0.15, 0.2) is 23.4 Å². The zero-order chi connectivity index (χ0) is 20.4. The molecule has 7 nitrogen and oxygen atoms in total. The first-order chi connectivity index (χ1) is 13.4. The van der Waals surface area contributed by atoms with Crippen LogP contribution in [0, 0.1) is 0 Å². The summed E-state index contributed by atoms with van der Waals surface area (Å²) in [5.41, 5.74) is 0.600. The van der Waals surface area contributed by atoms with Crippen LogP contribution in [0.5, 0.6) is 11.5 Å². The normalized spacial score (nSPS) is 16.5. The van der Waals surface area contributed by atoms with E-state index in [2.05, 4.69) is 10.5 Å². The van der Waals surface area contributed by atoms with E-state index in [0.717, 1.165) is 18.4 Å². The molecule has 0 spiro atoms. The molecule has 7 heteroatoms. The zero-order valence-corrected chi connectivity index (χ0v) is 17.2. The van der Waals surface area contributed by atoms with Crippen molar-refractivity contribution in [1.29, 1.82) is 0 Å². The van der Waals surface area contributed by atoms with Crippen molar-refractivity contribution in [3.05, 3.63) is 23.8 Å². The summed E-state index contributed by atoms with van der Waals surface area (Å²) in [4.78, 5) is 5.21. The summed E-state index contributed by atoms with van der Waals surface area (Å²) in [6.45, 7) is 4.50. The Bertz CT molecular complexity index is 615. The molecule has 3 N–H and O–H groups in total. The second kappa shape index (κ2) is 11.2. The van der Waals surface area contributed by atoms with Gasteiger partial charge >= 0.3 is 0 Å². The van der Waals surface area contributed by atoms with Gasteiger partial charge in [0, 0.05) is 24.3 Å². The van der Waals surface area contributed by atoms with Gasteiger partial charge in [-0.1, -0.05) is 5.16 Å². The molecule has 0 bridgehead atoms. The van der Waals surface area contributed by atoms with Crippen molar-refractivity contribution in [2.24, 2.45) is 5.16 Å². The number of hydrogen-bond donors (Lipinski definition) is 3. The molecule has 2 rings (SSSR count). The number of ether oxygens (including phenoxy) is 2. The molecule has 0 aliphatic heterocycles.